The van der Waals surface area contributed by atoms with Crippen LogP contribution in [0.15, 0.2) is 60.0 Å². The number of Topliss-reactive ketones (excluding diaryl/α,β-unsaturated/α-hetero) is 3. The van der Waals surface area contributed by atoms with E-state index in [1.165, 1.54) is 24.0 Å². The summed E-state index contributed by atoms with van der Waals surface area (Å²) in [6.45, 7) is 6.58. The van der Waals surface area contributed by atoms with Crippen LogP contribution >= 0.6 is 23.2 Å². The van der Waals surface area contributed by atoms with Gasteiger partial charge in [0.1, 0.15) is 18.6 Å². The molecule has 4 rings (SSSR count). The molecule has 12 heteroatoms. The van der Waals surface area contributed by atoms with Crippen molar-refractivity contribution in [2.45, 2.75) is 69.9 Å². The first-order chi connectivity index (χ1) is 19.5. The molecule has 0 amide bonds. The first-order valence-electron chi connectivity index (χ1n) is 13.4. The molecule has 1 atom stereocenters. The third kappa shape index (κ3) is 8.56. The zero-order valence-electron chi connectivity index (χ0n) is 24.0. The highest BCUT2D eigenvalue weighted by atomic mass is 35.5. The van der Waals surface area contributed by atoms with Crippen LogP contribution in [0.4, 0.5) is 0 Å². The number of hydrogen-bond acceptors (Lipinski definition) is 8. The van der Waals surface area contributed by atoms with E-state index in [0.717, 1.165) is 23.8 Å². The minimum atomic E-state index is -3.44. The lowest BCUT2D eigenvalue weighted by Crippen LogP contribution is -2.47. The van der Waals surface area contributed by atoms with Crippen LogP contribution in [0.1, 0.15) is 62.4 Å². The van der Waals surface area contributed by atoms with Crippen molar-refractivity contribution >= 4 is 50.4 Å². The number of carbonyl (C=O) groups excluding carboxylic acids is 3. The van der Waals surface area contributed by atoms with Crippen molar-refractivity contribution in [3.05, 3.63) is 76.3 Å². The summed E-state index contributed by atoms with van der Waals surface area (Å²) in [6, 6.07) is 11.4. The maximum Gasteiger partial charge on any atom is 0.182 e. The van der Waals surface area contributed by atoms with Gasteiger partial charge in [0, 0.05) is 29.7 Å². The predicted octanol–water partition coefficient (Wildman–Crippen LogP) is 5.21. The second-order valence-electron chi connectivity index (χ2n) is 11.5. The van der Waals surface area contributed by atoms with Crippen LogP contribution in [0.5, 0.6) is 0 Å². The molecule has 42 heavy (non-hydrogen) atoms. The number of rotatable bonds is 8. The number of carbonyl (C=O) groups is 3. The minimum absolute atomic E-state index is 0.00216. The van der Waals surface area contributed by atoms with Crippen LogP contribution < -0.4 is 0 Å². The fourth-order valence-electron chi connectivity index (χ4n) is 4.56. The molecular weight excluding hydrogens is 601 g/mol. The van der Waals surface area contributed by atoms with E-state index < -0.39 is 38.7 Å². The third-order valence-corrected chi connectivity index (χ3v) is 9.09. The van der Waals surface area contributed by atoms with Crippen LogP contribution in [-0.2, 0) is 32.4 Å². The summed E-state index contributed by atoms with van der Waals surface area (Å²) in [5.41, 5.74) is 0.0458. The SMILES string of the molecule is CC(C)(C)C(O)(CCc1ccc(Cl)cc1)Cn1cncn1.CS(=O)(=O)c1ccc(C(=O)C2C(=O)CCCC2=O)c(Cl)c1. The Bertz CT molecular complexity index is 1520. The summed E-state index contributed by atoms with van der Waals surface area (Å²) in [4.78, 5) is 39.8. The summed E-state index contributed by atoms with van der Waals surface area (Å²) >= 11 is 11.8. The monoisotopic (exact) mass is 635 g/mol. The average molecular weight is 637 g/mol. The van der Waals surface area contributed by atoms with Crippen molar-refractivity contribution in [3.8, 4) is 0 Å². The van der Waals surface area contributed by atoms with E-state index in [1.54, 1.807) is 11.0 Å². The fourth-order valence-corrected chi connectivity index (χ4v) is 5.67. The second kappa shape index (κ2) is 13.6. The van der Waals surface area contributed by atoms with E-state index in [-0.39, 0.29) is 33.7 Å². The molecule has 1 aliphatic rings. The Morgan fingerprint density at radius 3 is 2.17 bits per heavy atom. The van der Waals surface area contributed by atoms with Gasteiger partial charge in [-0.3, -0.25) is 19.1 Å². The van der Waals surface area contributed by atoms with Gasteiger partial charge in [0.15, 0.2) is 27.2 Å². The summed E-state index contributed by atoms with van der Waals surface area (Å²) in [7, 11) is -3.44. The van der Waals surface area contributed by atoms with Gasteiger partial charge in [0.05, 0.1) is 22.1 Å². The Morgan fingerprint density at radius 2 is 1.67 bits per heavy atom. The van der Waals surface area contributed by atoms with Gasteiger partial charge in [0.2, 0.25) is 0 Å². The molecule has 1 unspecified atom stereocenters. The maximum atomic E-state index is 12.3. The highest BCUT2D eigenvalue weighted by molar-refractivity contribution is 7.90. The Morgan fingerprint density at radius 1 is 1.05 bits per heavy atom. The van der Waals surface area contributed by atoms with E-state index in [0.29, 0.717) is 19.4 Å². The molecule has 2 aromatic carbocycles. The van der Waals surface area contributed by atoms with Gasteiger partial charge in [0.25, 0.3) is 0 Å². The maximum absolute atomic E-state index is 12.3. The molecule has 0 bridgehead atoms. The van der Waals surface area contributed by atoms with Crippen LogP contribution in [0, 0.1) is 11.3 Å². The van der Waals surface area contributed by atoms with E-state index in [1.807, 2.05) is 45.0 Å². The number of nitrogens with zero attached hydrogens (tertiary/aromatic N) is 3. The third-order valence-electron chi connectivity index (χ3n) is 7.41. The van der Waals surface area contributed by atoms with E-state index in [4.69, 9.17) is 23.2 Å². The standard InChI is InChI=1S/C16H22ClN3O.C14H13ClO5S/c1-15(2,3)16(21,10-20-12-18-11-19-20)9-8-13-4-6-14(17)7-5-13;1-21(19,20)8-5-6-9(10(15)7-8)14(18)13-11(16)3-2-4-12(13)17/h4-7,11-12,21H,8-10H2,1-3H3;5-7,13H,2-4H2,1H3. The fraction of sp³-hybridized carbons (Fsp3) is 0.433. The van der Waals surface area contributed by atoms with Gasteiger partial charge in [-0.05, 0) is 60.6 Å². The zero-order chi connectivity index (χ0) is 31.3. The summed E-state index contributed by atoms with van der Waals surface area (Å²) in [5.74, 6) is -2.77. The van der Waals surface area contributed by atoms with Crippen molar-refractivity contribution < 1.29 is 27.9 Å². The van der Waals surface area contributed by atoms with Crippen molar-refractivity contribution in [3.63, 3.8) is 0 Å². The summed E-state index contributed by atoms with van der Waals surface area (Å²) in [6.07, 6.45) is 6.44. The molecule has 226 valence electrons. The van der Waals surface area contributed by atoms with Gasteiger partial charge >= 0.3 is 0 Å². The number of sulfone groups is 1. The molecule has 0 radical (unpaired) electrons. The van der Waals surface area contributed by atoms with Gasteiger partial charge in [-0.25, -0.2) is 13.4 Å². The van der Waals surface area contributed by atoms with Crippen LogP contribution in [0.2, 0.25) is 10.0 Å². The molecule has 1 aliphatic carbocycles. The normalized spacial score (nSPS) is 16.0. The number of aromatic nitrogens is 3. The topological polar surface area (TPSA) is 136 Å². The lowest BCUT2D eigenvalue weighted by Gasteiger charge is -2.40. The molecule has 1 aromatic heterocycles. The number of hydrogen-bond donors (Lipinski definition) is 1. The molecule has 0 aliphatic heterocycles. The van der Waals surface area contributed by atoms with E-state index in [9.17, 15) is 27.9 Å². The Hall–Kier alpha value is -2.92. The van der Waals surface area contributed by atoms with Crippen molar-refractivity contribution in [2.24, 2.45) is 11.3 Å². The lowest BCUT2D eigenvalue weighted by atomic mass is 9.73. The highest BCUT2D eigenvalue weighted by Crippen LogP contribution is 2.36. The molecule has 9 nitrogen and oxygen atoms in total. The van der Waals surface area contributed by atoms with Crippen LogP contribution in [0.3, 0.4) is 0 Å². The molecule has 0 saturated heterocycles. The first kappa shape index (κ1) is 33.6. The number of ketones is 3. The second-order valence-corrected chi connectivity index (χ2v) is 14.4. The van der Waals surface area contributed by atoms with Gasteiger partial charge in [-0.2, -0.15) is 5.10 Å². The summed E-state index contributed by atoms with van der Waals surface area (Å²) < 4.78 is 24.5. The average Bonchev–Trinajstić information content (AvgIpc) is 3.40. The number of halogens is 2. The smallest absolute Gasteiger partial charge is 0.182 e. The van der Waals surface area contributed by atoms with Gasteiger partial charge in [-0.1, -0.05) is 56.1 Å². The molecule has 1 saturated carbocycles. The molecule has 3 aromatic rings. The number of aryl methyl sites for hydroxylation is 1. The minimum Gasteiger partial charge on any atom is -0.387 e. The van der Waals surface area contributed by atoms with Crippen molar-refractivity contribution in [1.82, 2.24) is 14.8 Å². The van der Waals surface area contributed by atoms with Crippen LogP contribution in [-0.4, -0.2) is 57.5 Å². The molecular formula is C30H35Cl2N3O6S. The predicted molar refractivity (Wildman–Crippen MR) is 160 cm³/mol. The first-order valence-corrected chi connectivity index (χ1v) is 16.0. The molecule has 0 spiro atoms. The molecule has 1 fully saturated rings. The summed E-state index contributed by atoms with van der Waals surface area (Å²) in [5, 5.41) is 15.9. The molecule has 1 N–H and O–H groups in total. The Labute approximate surface area is 256 Å². The van der Waals surface area contributed by atoms with Crippen molar-refractivity contribution in [1.29, 1.82) is 0 Å². The van der Waals surface area contributed by atoms with Gasteiger partial charge < -0.3 is 5.11 Å². The Balaban J connectivity index is 0.000000230. The number of benzene rings is 2. The zero-order valence-corrected chi connectivity index (χ0v) is 26.3. The largest absolute Gasteiger partial charge is 0.387 e. The van der Waals surface area contributed by atoms with E-state index in [2.05, 4.69) is 10.1 Å². The Kier molecular flexibility index (Phi) is 10.9. The lowest BCUT2D eigenvalue weighted by molar-refractivity contribution is -0.133. The van der Waals surface area contributed by atoms with E-state index >= 15 is 0 Å². The number of aliphatic hydroxyl groups is 1. The quantitative estimate of drug-likeness (QED) is 0.263. The van der Waals surface area contributed by atoms with Crippen LogP contribution in [0.25, 0.3) is 0 Å². The van der Waals surface area contributed by atoms with Crippen molar-refractivity contribution in [2.75, 3.05) is 6.26 Å². The molecule has 1 heterocycles. The van der Waals surface area contributed by atoms with Gasteiger partial charge in [-0.15, -0.1) is 0 Å². The highest BCUT2D eigenvalue weighted by Gasteiger charge is 2.40.